The Labute approximate surface area is 222 Å². The van der Waals surface area contributed by atoms with Gasteiger partial charge in [-0.3, -0.25) is 9.59 Å². The van der Waals surface area contributed by atoms with E-state index in [0.29, 0.717) is 5.75 Å². The second-order valence-electron chi connectivity index (χ2n) is 5.83. The molecule has 0 saturated carbocycles. The monoisotopic (exact) mass is 848 g/mol. The van der Waals surface area contributed by atoms with E-state index in [9.17, 15) is 9.59 Å². The fourth-order valence-corrected chi connectivity index (χ4v) is 6.65. The maximum absolute atomic E-state index is 11.9. The fourth-order valence-electron chi connectivity index (χ4n) is 2.38. The van der Waals surface area contributed by atoms with Gasteiger partial charge in [0.1, 0.15) is 18.0 Å². The smallest absolute Gasteiger partial charge is 0.322 e. The number of hydrogen-bond donors (Lipinski definition) is 3. The van der Waals surface area contributed by atoms with Gasteiger partial charge in [0.15, 0.2) is 5.75 Å². The van der Waals surface area contributed by atoms with Gasteiger partial charge in [-0.25, -0.2) is 0 Å². The molecule has 1 atom stereocenters. The van der Waals surface area contributed by atoms with Crippen molar-refractivity contribution in [1.82, 2.24) is 5.32 Å². The van der Waals surface area contributed by atoms with Crippen molar-refractivity contribution in [2.45, 2.75) is 12.5 Å². The highest BCUT2D eigenvalue weighted by atomic mass is 127. The molecule has 2 rings (SSSR count). The van der Waals surface area contributed by atoms with Crippen LogP contribution in [0.15, 0.2) is 24.3 Å². The number of carbonyl (C=O) groups is 2. The summed E-state index contributed by atoms with van der Waals surface area (Å²) < 4.78 is 15.2. The van der Waals surface area contributed by atoms with Crippen LogP contribution in [0.1, 0.15) is 5.56 Å². The predicted octanol–water partition coefficient (Wildman–Crippen LogP) is 3.98. The summed E-state index contributed by atoms with van der Waals surface area (Å²) in [7, 11) is 1.64. The van der Waals surface area contributed by atoms with Gasteiger partial charge in [0, 0.05) is 0 Å². The van der Waals surface area contributed by atoms with E-state index in [4.69, 9.17) is 20.3 Å². The molecular weight excluding hydrogens is 832 g/mol. The zero-order valence-corrected chi connectivity index (χ0v) is 23.6. The molecule has 11 heteroatoms. The molecule has 0 aliphatic heterocycles. The van der Waals surface area contributed by atoms with Gasteiger partial charge in [0.2, 0.25) is 5.91 Å². The molecule has 4 N–H and O–H groups in total. The maximum atomic E-state index is 11.9. The largest absolute Gasteiger partial charge is 0.495 e. The van der Waals surface area contributed by atoms with Gasteiger partial charge >= 0.3 is 5.97 Å². The van der Waals surface area contributed by atoms with Crippen LogP contribution in [0.5, 0.6) is 17.2 Å². The Morgan fingerprint density at radius 1 is 1.03 bits per heavy atom. The summed E-state index contributed by atoms with van der Waals surface area (Å²) in [5.41, 5.74) is 6.77. The van der Waals surface area contributed by atoms with E-state index < -0.39 is 24.5 Å². The van der Waals surface area contributed by atoms with Crippen molar-refractivity contribution in [1.29, 1.82) is 0 Å². The predicted molar refractivity (Wildman–Crippen MR) is 143 cm³/mol. The van der Waals surface area contributed by atoms with Crippen molar-refractivity contribution >= 4 is 102 Å². The molecule has 0 aliphatic carbocycles. The number of carbonyl (C=O) groups excluding carboxylic acids is 1. The molecule has 0 radical (unpaired) electrons. The number of carboxylic acid groups (broad SMARTS) is 1. The molecule has 0 aromatic heterocycles. The van der Waals surface area contributed by atoms with Crippen molar-refractivity contribution in [2.24, 2.45) is 5.73 Å². The molecule has 0 aliphatic rings. The van der Waals surface area contributed by atoms with Crippen molar-refractivity contribution in [3.05, 3.63) is 44.1 Å². The molecule has 0 heterocycles. The zero-order chi connectivity index (χ0) is 21.7. The number of ether oxygens (including phenoxy) is 2. The molecule has 2 aromatic rings. The van der Waals surface area contributed by atoms with Crippen molar-refractivity contribution < 1.29 is 24.2 Å². The topological polar surface area (TPSA) is 111 Å². The highest BCUT2D eigenvalue weighted by Gasteiger charge is 2.18. The van der Waals surface area contributed by atoms with Crippen LogP contribution in [-0.2, 0) is 16.0 Å². The van der Waals surface area contributed by atoms with Crippen LogP contribution in [0.25, 0.3) is 0 Å². The normalized spacial score (nSPS) is 11.7. The molecule has 2 aromatic carbocycles. The van der Waals surface area contributed by atoms with Crippen molar-refractivity contribution in [3.63, 3.8) is 0 Å². The first-order chi connectivity index (χ1) is 13.6. The minimum Gasteiger partial charge on any atom is -0.495 e. The number of benzene rings is 2. The van der Waals surface area contributed by atoms with Crippen LogP contribution in [0.2, 0.25) is 0 Å². The van der Waals surface area contributed by atoms with Gasteiger partial charge in [-0.15, -0.1) is 0 Å². The molecule has 29 heavy (non-hydrogen) atoms. The Kier molecular flexibility index (Phi) is 9.94. The Morgan fingerprint density at radius 2 is 1.55 bits per heavy atom. The summed E-state index contributed by atoms with van der Waals surface area (Å²) in [6.45, 7) is -0.451. The van der Waals surface area contributed by atoms with E-state index in [1.807, 2.05) is 24.3 Å². The van der Waals surface area contributed by atoms with Crippen LogP contribution >= 0.6 is 90.4 Å². The Balaban J connectivity index is 2.17. The first-order valence-electron chi connectivity index (χ1n) is 8.06. The molecule has 0 saturated heterocycles. The third kappa shape index (κ3) is 7.20. The van der Waals surface area contributed by atoms with Crippen molar-refractivity contribution in [2.75, 3.05) is 13.7 Å². The fraction of sp³-hybridized carbons (Fsp3) is 0.222. The molecule has 0 spiro atoms. The number of hydrogen-bond acceptors (Lipinski definition) is 5. The number of aliphatic carboxylic acids is 1. The third-order valence-electron chi connectivity index (χ3n) is 3.66. The second-order valence-corrected chi connectivity index (χ2v) is 10.5. The van der Waals surface area contributed by atoms with Crippen molar-refractivity contribution in [3.8, 4) is 17.2 Å². The molecular formula is C18H16I4N2O5. The lowest BCUT2D eigenvalue weighted by Crippen LogP contribution is -2.43. The summed E-state index contributed by atoms with van der Waals surface area (Å²) in [5, 5.41) is 10.9. The van der Waals surface area contributed by atoms with E-state index in [1.54, 1.807) is 7.11 Å². The summed E-state index contributed by atoms with van der Waals surface area (Å²) in [6.07, 6.45) is 0.288. The van der Waals surface area contributed by atoms with Gasteiger partial charge in [-0.2, -0.15) is 0 Å². The lowest BCUT2D eigenvalue weighted by atomic mass is 10.1. The van der Waals surface area contributed by atoms with E-state index in [1.165, 1.54) is 0 Å². The van der Waals surface area contributed by atoms with Gasteiger partial charge < -0.3 is 25.6 Å². The number of rotatable bonds is 8. The van der Waals surface area contributed by atoms with Crippen LogP contribution in [0.4, 0.5) is 0 Å². The first-order valence-corrected chi connectivity index (χ1v) is 12.4. The SMILES string of the molecule is COc1c(I)cc(Oc2c(I)cc(C[C@H](N)C(=O)NCC(=O)O)cc2I)cc1I. The number of nitrogens with one attached hydrogen (secondary N) is 1. The van der Waals surface area contributed by atoms with Crippen LogP contribution in [0.3, 0.4) is 0 Å². The standard InChI is InChI=1S/C18H16I4N2O5/c1-28-16-12(21)5-9(6-13(16)22)29-17-10(19)2-8(3-11(17)20)4-14(23)18(27)24-7-15(25)26/h2-3,5-6,14H,4,7,23H2,1H3,(H,24,27)(H,25,26)/t14-/m0/s1. The van der Waals surface area contributed by atoms with Crippen LogP contribution in [0, 0.1) is 14.3 Å². The van der Waals surface area contributed by atoms with Gasteiger partial charge in [0.05, 0.1) is 27.4 Å². The van der Waals surface area contributed by atoms with Gasteiger partial charge in [-0.05, 0) is 127 Å². The minimum absolute atomic E-state index is 0.288. The number of amides is 1. The molecule has 0 bridgehead atoms. The molecule has 0 fully saturated rings. The number of nitrogens with two attached hydrogens (primary N) is 1. The number of methoxy groups -OCH3 is 1. The van der Waals surface area contributed by atoms with E-state index >= 15 is 0 Å². The summed E-state index contributed by atoms with van der Waals surface area (Å²) in [4.78, 5) is 22.5. The highest BCUT2D eigenvalue weighted by Crippen LogP contribution is 2.37. The average Bonchev–Trinajstić information content (AvgIpc) is 2.62. The van der Waals surface area contributed by atoms with E-state index in [2.05, 4.69) is 95.7 Å². The van der Waals surface area contributed by atoms with Gasteiger partial charge in [0.25, 0.3) is 0 Å². The van der Waals surface area contributed by atoms with Gasteiger partial charge in [-0.1, -0.05) is 0 Å². The Morgan fingerprint density at radius 3 is 2.03 bits per heavy atom. The zero-order valence-electron chi connectivity index (χ0n) is 15.0. The average molecular weight is 848 g/mol. The Hall–Kier alpha value is -0.140. The summed E-state index contributed by atoms with van der Waals surface area (Å²) in [6, 6.07) is 6.79. The molecule has 1 amide bonds. The first kappa shape index (κ1) is 25.1. The Bertz CT molecular complexity index is 892. The highest BCUT2D eigenvalue weighted by molar-refractivity contribution is 14.1. The molecule has 7 nitrogen and oxygen atoms in total. The maximum Gasteiger partial charge on any atom is 0.322 e. The summed E-state index contributed by atoms with van der Waals surface area (Å²) >= 11 is 8.77. The van der Waals surface area contributed by atoms with Crippen LogP contribution in [-0.4, -0.2) is 36.7 Å². The molecule has 156 valence electrons. The second kappa shape index (κ2) is 11.5. The third-order valence-corrected chi connectivity index (χ3v) is 6.87. The molecule has 0 unspecified atom stereocenters. The quantitative estimate of drug-likeness (QED) is 0.348. The van der Waals surface area contributed by atoms with E-state index in [0.717, 1.165) is 31.3 Å². The van der Waals surface area contributed by atoms with Crippen LogP contribution < -0.4 is 20.5 Å². The lowest BCUT2D eigenvalue weighted by molar-refractivity contribution is -0.138. The lowest BCUT2D eigenvalue weighted by Gasteiger charge is -2.16. The summed E-state index contributed by atoms with van der Waals surface area (Å²) in [5.74, 6) is 0.621. The number of halogens is 4. The van der Waals surface area contributed by atoms with E-state index in [-0.39, 0.29) is 6.42 Å². The number of carboxylic acids is 1. The minimum atomic E-state index is -1.11.